The van der Waals surface area contributed by atoms with Crippen LogP contribution in [0.1, 0.15) is 0 Å². The first kappa shape index (κ1) is 43.6. The molecular formula is C68H46N4. The number of benzene rings is 10. The highest BCUT2D eigenvalue weighted by molar-refractivity contribution is 6.05. The summed E-state index contributed by atoms with van der Waals surface area (Å²) in [6.07, 6.45) is 0. The molecule has 0 N–H and O–H groups in total. The molecule has 2 aromatic heterocycles. The highest BCUT2D eigenvalue weighted by atomic mass is 15.0. The lowest BCUT2D eigenvalue weighted by atomic mass is 9.82. The third kappa shape index (κ3) is 8.93. The van der Waals surface area contributed by atoms with Crippen molar-refractivity contribution in [2.45, 2.75) is 0 Å². The molecule has 0 amide bonds. The van der Waals surface area contributed by atoms with Crippen LogP contribution in [0.4, 0.5) is 0 Å². The van der Waals surface area contributed by atoms with Gasteiger partial charge < -0.3 is 0 Å². The lowest BCUT2D eigenvalue weighted by Gasteiger charge is -2.23. The van der Waals surface area contributed by atoms with Crippen molar-refractivity contribution >= 4 is 0 Å². The quantitative estimate of drug-likeness (QED) is 0.130. The van der Waals surface area contributed by atoms with Gasteiger partial charge in [-0.3, -0.25) is 0 Å². The van der Waals surface area contributed by atoms with Gasteiger partial charge in [-0.1, -0.05) is 267 Å². The zero-order chi connectivity index (χ0) is 48.1. The molecule has 0 aliphatic carbocycles. The van der Waals surface area contributed by atoms with Gasteiger partial charge in [0.1, 0.15) is 0 Å². The fraction of sp³-hybridized carbons (Fsp3) is 0. The maximum atomic E-state index is 5.65. The second-order valence-corrected chi connectivity index (χ2v) is 17.8. The predicted octanol–water partition coefficient (Wildman–Crippen LogP) is 17.6. The Morgan fingerprint density at radius 3 is 0.806 bits per heavy atom. The largest absolute Gasteiger partial charge is 0.246 e. The number of rotatable bonds is 11. The molecule has 0 unspecified atom stereocenters. The average Bonchev–Trinajstić information content (AvgIpc) is 3.48. The second kappa shape index (κ2) is 19.8. The smallest absolute Gasteiger partial charge is 0.164 e. The molecule has 0 bridgehead atoms. The fourth-order valence-electron chi connectivity index (χ4n) is 9.60. The zero-order valence-electron chi connectivity index (χ0n) is 39.3. The maximum absolute atomic E-state index is 5.65. The van der Waals surface area contributed by atoms with Crippen molar-refractivity contribution in [2.24, 2.45) is 0 Å². The van der Waals surface area contributed by atoms with Crippen molar-refractivity contribution in [3.63, 3.8) is 0 Å². The van der Waals surface area contributed by atoms with Gasteiger partial charge >= 0.3 is 0 Å². The molecule has 2 heterocycles. The summed E-state index contributed by atoms with van der Waals surface area (Å²) in [6, 6.07) is 97.8. The van der Waals surface area contributed by atoms with Crippen molar-refractivity contribution in [1.29, 1.82) is 0 Å². The number of hydrogen-bond acceptors (Lipinski definition) is 4. The molecule has 12 rings (SSSR count). The van der Waals surface area contributed by atoms with E-state index in [-0.39, 0.29) is 0 Å². The summed E-state index contributed by atoms with van der Waals surface area (Å²) >= 11 is 0. The number of aromatic nitrogens is 4. The molecule has 4 heteroatoms. The van der Waals surface area contributed by atoms with Gasteiger partial charge in [0.2, 0.25) is 0 Å². The van der Waals surface area contributed by atoms with Crippen molar-refractivity contribution < 1.29 is 0 Å². The first-order valence-corrected chi connectivity index (χ1v) is 24.3. The molecule has 0 aliphatic heterocycles. The molecule has 0 atom stereocenters. The first-order chi connectivity index (χ1) is 35.7. The standard InChI is InChI=1S/C68H46N4/c1-7-21-47(22-8-1)49-37-41-55(42-38-49)66-70-67(56-43-39-50(40-44-56)48-23-9-2-10-24-48)72-68(71-66)60-36-20-34-58(46-60)57-33-19-35-59(45-57)61-62(51-25-11-3-12-26-51)64(53-29-15-5-16-30-53)69-65(54-31-17-6-18-32-54)63(61)52-27-13-4-14-28-52/h1-46H. The molecule has 0 fully saturated rings. The molecule has 4 nitrogen and oxygen atoms in total. The molecule has 0 saturated heterocycles. The van der Waals surface area contributed by atoms with E-state index < -0.39 is 0 Å². The lowest BCUT2D eigenvalue weighted by molar-refractivity contribution is 1.07. The Labute approximate surface area is 420 Å². The van der Waals surface area contributed by atoms with Gasteiger partial charge in [-0.05, 0) is 62.2 Å². The SMILES string of the molecule is c1ccc(-c2ccc(-c3nc(-c4ccc(-c5ccccc5)cc4)nc(-c4cccc(-c5cccc(-c6c(-c7ccccc7)c(-c7ccccc7)nc(-c7ccccc7)c6-c6ccccc6)c5)c4)n3)cc2)cc1. The van der Waals surface area contributed by atoms with E-state index in [1.807, 2.05) is 12.1 Å². The highest BCUT2D eigenvalue weighted by Gasteiger charge is 2.25. The van der Waals surface area contributed by atoms with Gasteiger partial charge in [-0.2, -0.15) is 0 Å². The highest BCUT2D eigenvalue weighted by Crippen LogP contribution is 2.49. The van der Waals surface area contributed by atoms with E-state index in [2.05, 4.69) is 267 Å². The Bertz CT molecular complexity index is 3590. The topological polar surface area (TPSA) is 51.6 Å². The van der Waals surface area contributed by atoms with Gasteiger partial charge in [0.15, 0.2) is 17.5 Å². The molecule has 0 spiro atoms. The number of pyridine rings is 1. The molecule has 0 radical (unpaired) electrons. The van der Waals surface area contributed by atoms with Crippen molar-refractivity contribution in [3.8, 4) is 123 Å². The molecular weight excluding hydrogens is 873 g/mol. The molecule has 72 heavy (non-hydrogen) atoms. The van der Waals surface area contributed by atoms with Crippen LogP contribution in [0, 0.1) is 0 Å². The van der Waals surface area contributed by atoms with E-state index in [4.69, 9.17) is 19.9 Å². The van der Waals surface area contributed by atoms with Crippen LogP contribution < -0.4 is 0 Å². The number of nitrogens with zero attached hydrogens (tertiary/aromatic N) is 4. The summed E-state index contributed by atoms with van der Waals surface area (Å²) in [6.45, 7) is 0. The van der Waals surface area contributed by atoms with Gasteiger partial charge in [0.25, 0.3) is 0 Å². The molecule has 12 aromatic rings. The summed E-state index contributed by atoms with van der Waals surface area (Å²) in [7, 11) is 0. The number of hydrogen-bond donors (Lipinski definition) is 0. The Kier molecular flexibility index (Phi) is 12.0. The minimum Gasteiger partial charge on any atom is -0.246 e. The Morgan fingerprint density at radius 1 is 0.153 bits per heavy atom. The fourth-order valence-corrected chi connectivity index (χ4v) is 9.60. The molecule has 0 aliphatic rings. The minimum atomic E-state index is 0.596. The van der Waals surface area contributed by atoms with Crippen LogP contribution in [0.5, 0.6) is 0 Å². The lowest BCUT2D eigenvalue weighted by Crippen LogP contribution is -2.01. The van der Waals surface area contributed by atoms with Crippen LogP contribution in [0.2, 0.25) is 0 Å². The van der Waals surface area contributed by atoms with Gasteiger partial charge in [0, 0.05) is 44.5 Å². The third-order valence-electron chi connectivity index (χ3n) is 13.2. The van der Waals surface area contributed by atoms with Crippen molar-refractivity contribution in [1.82, 2.24) is 19.9 Å². The monoisotopic (exact) mass is 918 g/mol. The molecule has 0 saturated carbocycles. The van der Waals surface area contributed by atoms with E-state index in [9.17, 15) is 0 Å². The van der Waals surface area contributed by atoms with Crippen LogP contribution in [-0.2, 0) is 0 Å². The van der Waals surface area contributed by atoms with E-state index in [0.717, 1.165) is 106 Å². The summed E-state index contributed by atoms with van der Waals surface area (Å²) in [5, 5.41) is 0. The first-order valence-electron chi connectivity index (χ1n) is 24.3. The van der Waals surface area contributed by atoms with E-state index >= 15 is 0 Å². The van der Waals surface area contributed by atoms with Crippen LogP contribution in [0.3, 0.4) is 0 Å². The van der Waals surface area contributed by atoms with Crippen molar-refractivity contribution in [2.75, 3.05) is 0 Å². The third-order valence-corrected chi connectivity index (χ3v) is 13.2. The van der Waals surface area contributed by atoms with Crippen LogP contribution in [0.25, 0.3) is 123 Å². The summed E-state index contributed by atoms with van der Waals surface area (Å²) < 4.78 is 0. The van der Waals surface area contributed by atoms with E-state index in [1.54, 1.807) is 0 Å². The predicted molar refractivity (Wildman–Crippen MR) is 297 cm³/mol. The van der Waals surface area contributed by atoms with Crippen LogP contribution in [0.15, 0.2) is 279 Å². The summed E-state index contributed by atoms with van der Waals surface area (Å²) in [5.74, 6) is 1.81. The van der Waals surface area contributed by atoms with Crippen LogP contribution >= 0.6 is 0 Å². The zero-order valence-corrected chi connectivity index (χ0v) is 39.3. The van der Waals surface area contributed by atoms with E-state index in [0.29, 0.717) is 17.5 Å². The molecule has 338 valence electrons. The Morgan fingerprint density at radius 2 is 0.417 bits per heavy atom. The summed E-state index contributed by atoms with van der Waals surface area (Å²) in [4.78, 5) is 21.2. The van der Waals surface area contributed by atoms with Crippen molar-refractivity contribution in [3.05, 3.63) is 279 Å². The van der Waals surface area contributed by atoms with Gasteiger partial charge in [-0.25, -0.2) is 19.9 Å². The normalized spacial score (nSPS) is 11.1. The summed E-state index contributed by atoms with van der Waals surface area (Å²) in [5.41, 5.74) is 19.9. The molecule has 10 aromatic carbocycles. The van der Waals surface area contributed by atoms with Crippen LogP contribution in [-0.4, -0.2) is 19.9 Å². The maximum Gasteiger partial charge on any atom is 0.164 e. The second-order valence-electron chi connectivity index (χ2n) is 17.8. The Hall–Kier alpha value is -9.64. The Balaban J connectivity index is 1.02. The average molecular weight is 919 g/mol. The van der Waals surface area contributed by atoms with Gasteiger partial charge in [-0.15, -0.1) is 0 Å². The van der Waals surface area contributed by atoms with E-state index in [1.165, 1.54) is 0 Å². The van der Waals surface area contributed by atoms with Gasteiger partial charge in [0.05, 0.1) is 11.4 Å². The minimum absolute atomic E-state index is 0.596.